The van der Waals surface area contributed by atoms with Gasteiger partial charge in [0.05, 0.1) is 18.4 Å². The number of imidazole rings is 1. The largest absolute Gasteiger partial charge is 0.388 e. The molecule has 4 rings (SSSR count). The van der Waals surface area contributed by atoms with Gasteiger partial charge in [-0.15, -0.1) is 0 Å². The van der Waals surface area contributed by atoms with Gasteiger partial charge in [-0.2, -0.15) is 0 Å². The summed E-state index contributed by atoms with van der Waals surface area (Å²) in [5.74, 6) is 5.34. The van der Waals surface area contributed by atoms with Crippen LogP contribution in [0.2, 0.25) is 0 Å². The van der Waals surface area contributed by atoms with Crippen molar-refractivity contribution in [1.82, 2.24) is 34.7 Å². The Morgan fingerprint density at radius 1 is 1.42 bits per heavy atom. The molecule has 12 nitrogen and oxygen atoms in total. The second kappa shape index (κ2) is 9.19. The number of nitrogen functional groups attached to an aromatic ring is 1. The Morgan fingerprint density at radius 2 is 2.24 bits per heavy atom. The Labute approximate surface area is 188 Å². The smallest absolute Gasteiger partial charge is 0.255 e. The number of fused-ring (bicyclic) bond motifs is 1. The van der Waals surface area contributed by atoms with E-state index in [1.165, 1.54) is 29.0 Å². The summed E-state index contributed by atoms with van der Waals surface area (Å²) in [6.07, 6.45) is 2.03. The summed E-state index contributed by atoms with van der Waals surface area (Å²) in [5.41, 5.74) is 7.12. The number of aromatic nitrogens is 5. The van der Waals surface area contributed by atoms with Crippen LogP contribution in [0.1, 0.15) is 28.8 Å². The molecule has 0 radical (unpaired) electrons. The minimum absolute atomic E-state index is 0.109. The molecule has 12 heteroatoms. The Bertz CT molecular complexity index is 1250. The molecule has 3 aromatic rings. The van der Waals surface area contributed by atoms with E-state index in [9.17, 15) is 14.7 Å². The number of amides is 2. The average molecular weight is 450 g/mol. The monoisotopic (exact) mass is 450 g/mol. The third-order valence-corrected chi connectivity index (χ3v) is 5.12. The zero-order chi connectivity index (χ0) is 23.5. The Hall–Kier alpha value is -4.08. The molecular weight excluding hydrogens is 428 g/mol. The molecule has 2 amide bonds. The average Bonchev–Trinajstić information content (AvgIpc) is 3.42. The summed E-state index contributed by atoms with van der Waals surface area (Å²) in [7, 11) is 3.12. The number of rotatable bonds is 4. The van der Waals surface area contributed by atoms with Gasteiger partial charge in [0.2, 0.25) is 11.7 Å². The van der Waals surface area contributed by atoms with Crippen molar-refractivity contribution in [1.29, 1.82) is 0 Å². The number of aliphatic hydroxyl groups excluding tert-OH is 1. The van der Waals surface area contributed by atoms with Gasteiger partial charge in [0, 0.05) is 32.9 Å². The molecule has 1 aliphatic rings. The summed E-state index contributed by atoms with van der Waals surface area (Å²) >= 11 is 0. The summed E-state index contributed by atoms with van der Waals surface area (Å²) in [4.78, 5) is 42.4. The fourth-order valence-corrected chi connectivity index (χ4v) is 3.43. The number of pyridine rings is 1. The van der Waals surface area contributed by atoms with Gasteiger partial charge in [-0.1, -0.05) is 5.92 Å². The van der Waals surface area contributed by atoms with Gasteiger partial charge < -0.3 is 25.8 Å². The van der Waals surface area contributed by atoms with E-state index in [0.717, 1.165) is 0 Å². The second-order valence-corrected chi connectivity index (χ2v) is 7.39. The van der Waals surface area contributed by atoms with Crippen LogP contribution < -0.4 is 11.1 Å². The van der Waals surface area contributed by atoms with Gasteiger partial charge in [-0.25, -0.2) is 15.0 Å². The SMILES string of the molecule is CNC(=O)C1C[C@@H](O)C(n2cnc3c(N)nc(C#CCN(C)C(=O)c4cccnc4)nc32)O1. The summed E-state index contributed by atoms with van der Waals surface area (Å²) in [6.45, 7) is 0.131. The third kappa shape index (κ3) is 4.45. The molecule has 1 fully saturated rings. The van der Waals surface area contributed by atoms with E-state index >= 15 is 0 Å². The predicted octanol–water partition coefficient (Wildman–Crippen LogP) is -0.678. The lowest BCUT2D eigenvalue weighted by Gasteiger charge is -2.16. The van der Waals surface area contributed by atoms with E-state index in [2.05, 4.69) is 37.1 Å². The molecule has 3 atom stereocenters. The van der Waals surface area contributed by atoms with Crippen LogP contribution in [0.15, 0.2) is 30.9 Å². The van der Waals surface area contributed by atoms with Crippen molar-refractivity contribution in [3.63, 3.8) is 0 Å². The van der Waals surface area contributed by atoms with E-state index in [0.29, 0.717) is 16.7 Å². The molecule has 4 heterocycles. The van der Waals surface area contributed by atoms with Crippen molar-refractivity contribution in [3.05, 3.63) is 42.2 Å². The molecule has 4 N–H and O–H groups in total. The van der Waals surface area contributed by atoms with Crippen molar-refractivity contribution < 1.29 is 19.4 Å². The van der Waals surface area contributed by atoms with Crippen molar-refractivity contribution in [3.8, 4) is 11.8 Å². The zero-order valence-electron chi connectivity index (χ0n) is 18.0. The fraction of sp³-hybridized carbons (Fsp3) is 0.333. The molecule has 0 aliphatic carbocycles. The molecule has 0 saturated carbocycles. The molecular formula is C21H22N8O4. The molecule has 170 valence electrons. The van der Waals surface area contributed by atoms with Crippen LogP contribution in [0.25, 0.3) is 11.2 Å². The number of ether oxygens (including phenoxy) is 1. The van der Waals surface area contributed by atoms with Crippen LogP contribution in [0, 0.1) is 11.8 Å². The van der Waals surface area contributed by atoms with Crippen molar-refractivity contribution in [2.45, 2.75) is 24.9 Å². The number of hydrogen-bond acceptors (Lipinski definition) is 9. The highest BCUT2D eigenvalue weighted by molar-refractivity contribution is 5.93. The van der Waals surface area contributed by atoms with Crippen LogP contribution in [0.5, 0.6) is 0 Å². The summed E-state index contributed by atoms with van der Waals surface area (Å²) < 4.78 is 7.22. The number of likely N-dealkylation sites (N-methyl/N-ethyl adjacent to an activating group) is 1. The molecule has 0 bridgehead atoms. The minimum atomic E-state index is -0.942. The van der Waals surface area contributed by atoms with Crippen LogP contribution >= 0.6 is 0 Å². The van der Waals surface area contributed by atoms with Gasteiger partial charge in [-0.3, -0.25) is 19.1 Å². The number of nitrogens with two attached hydrogens (primary N) is 1. The highest BCUT2D eigenvalue weighted by atomic mass is 16.5. The Balaban J connectivity index is 1.55. The maximum Gasteiger partial charge on any atom is 0.255 e. The standard InChI is InChI=1S/C21H22N8O4/c1-23-19(31)14-9-13(30)21(33-14)29-11-25-16-17(22)26-15(27-18(16)29)6-4-8-28(2)20(32)12-5-3-7-24-10-12/h3,5,7,10-11,13-14,21,30H,8-9H2,1-2H3,(H,23,31)(H2,22,26,27)/t13-,14?,21?/m1/s1. The van der Waals surface area contributed by atoms with Gasteiger partial charge in [0.15, 0.2) is 17.7 Å². The topological polar surface area (TPSA) is 161 Å². The number of nitrogens with zero attached hydrogens (tertiary/aromatic N) is 6. The zero-order valence-corrected chi connectivity index (χ0v) is 18.0. The fourth-order valence-electron chi connectivity index (χ4n) is 3.43. The first-order valence-electron chi connectivity index (χ1n) is 10.1. The van der Waals surface area contributed by atoms with Crippen LogP contribution in [0.3, 0.4) is 0 Å². The quantitative estimate of drug-likeness (QED) is 0.437. The molecule has 1 aliphatic heterocycles. The Morgan fingerprint density at radius 3 is 2.97 bits per heavy atom. The van der Waals surface area contributed by atoms with E-state index < -0.39 is 18.4 Å². The first kappa shape index (κ1) is 22.1. The number of aliphatic hydroxyl groups is 1. The van der Waals surface area contributed by atoms with Crippen LogP contribution in [0.4, 0.5) is 5.82 Å². The second-order valence-electron chi connectivity index (χ2n) is 7.39. The predicted molar refractivity (Wildman–Crippen MR) is 116 cm³/mol. The van der Waals surface area contributed by atoms with Crippen molar-refractivity contribution in [2.75, 3.05) is 26.4 Å². The number of anilines is 1. The van der Waals surface area contributed by atoms with E-state index in [1.807, 2.05) is 0 Å². The molecule has 1 saturated heterocycles. The molecule has 0 spiro atoms. The normalized spacial score (nSPS) is 19.7. The van der Waals surface area contributed by atoms with Gasteiger partial charge in [0.1, 0.15) is 17.7 Å². The van der Waals surface area contributed by atoms with E-state index in [-0.39, 0.29) is 36.4 Å². The van der Waals surface area contributed by atoms with Gasteiger partial charge >= 0.3 is 0 Å². The van der Waals surface area contributed by atoms with Crippen LogP contribution in [-0.2, 0) is 9.53 Å². The lowest BCUT2D eigenvalue weighted by molar-refractivity contribution is -0.134. The number of hydrogen-bond donors (Lipinski definition) is 3. The number of carbonyl (C=O) groups excluding carboxylic acids is 2. The molecule has 2 unspecified atom stereocenters. The lowest BCUT2D eigenvalue weighted by Crippen LogP contribution is -2.31. The summed E-state index contributed by atoms with van der Waals surface area (Å²) in [6, 6.07) is 3.36. The number of carbonyl (C=O) groups is 2. The number of nitrogens with one attached hydrogen (secondary N) is 1. The van der Waals surface area contributed by atoms with E-state index in [4.69, 9.17) is 10.5 Å². The lowest BCUT2D eigenvalue weighted by atomic mass is 10.2. The van der Waals surface area contributed by atoms with Gasteiger partial charge in [-0.05, 0) is 18.1 Å². The minimum Gasteiger partial charge on any atom is -0.388 e. The summed E-state index contributed by atoms with van der Waals surface area (Å²) in [5, 5.41) is 12.9. The maximum atomic E-state index is 12.4. The molecule has 33 heavy (non-hydrogen) atoms. The van der Waals surface area contributed by atoms with Crippen LogP contribution in [-0.4, -0.2) is 79.2 Å². The van der Waals surface area contributed by atoms with Crippen molar-refractivity contribution >= 4 is 28.8 Å². The molecule has 0 aromatic carbocycles. The Kier molecular flexibility index (Phi) is 6.16. The highest BCUT2D eigenvalue weighted by Crippen LogP contribution is 2.31. The first-order chi connectivity index (χ1) is 15.9. The maximum absolute atomic E-state index is 12.4. The van der Waals surface area contributed by atoms with E-state index in [1.54, 1.807) is 25.4 Å². The highest BCUT2D eigenvalue weighted by Gasteiger charge is 2.39. The molecule has 3 aromatic heterocycles. The third-order valence-electron chi connectivity index (χ3n) is 5.12. The van der Waals surface area contributed by atoms with Gasteiger partial charge in [0.25, 0.3) is 5.91 Å². The van der Waals surface area contributed by atoms with Crippen molar-refractivity contribution in [2.24, 2.45) is 0 Å². The first-order valence-corrected chi connectivity index (χ1v) is 10.1.